The van der Waals surface area contributed by atoms with Gasteiger partial charge in [0.25, 0.3) is 0 Å². The Hall–Kier alpha value is -1.63. The maximum absolute atomic E-state index is 5.50. The van der Waals surface area contributed by atoms with E-state index in [-0.39, 0.29) is 5.54 Å². The third-order valence-electron chi connectivity index (χ3n) is 4.37. The van der Waals surface area contributed by atoms with E-state index >= 15 is 0 Å². The van der Waals surface area contributed by atoms with Crippen molar-refractivity contribution in [1.82, 2.24) is 15.0 Å². The van der Waals surface area contributed by atoms with Gasteiger partial charge in [-0.3, -0.25) is 5.43 Å². The second kappa shape index (κ2) is 6.89. The van der Waals surface area contributed by atoms with Crippen molar-refractivity contribution in [3.63, 3.8) is 0 Å². The second-order valence-corrected chi connectivity index (χ2v) is 5.87. The van der Waals surface area contributed by atoms with E-state index in [0.29, 0.717) is 17.8 Å². The maximum Gasteiger partial charge on any atom is 0.243 e. The van der Waals surface area contributed by atoms with Crippen molar-refractivity contribution in [2.75, 3.05) is 28.7 Å². The molecule has 2 heterocycles. The number of nitrogen functional groups attached to an aromatic ring is 1. The molecule has 4 N–H and O–H groups in total. The first-order valence-electron chi connectivity index (χ1n) is 7.86. The SMILES string of the molecule is CCC(C)(CC)Nc1nc(NN)nc(N2CCCCC2)n1. The van der Waals surface area contributed by atoms with E-state index in [0.717, 1.165) is 25.9 Å². The molecule has 1 fully saturated rings. The summed E-state index contributed by atoms with van der Waals surface area (Å²) in [5.41, 5.74) is 2.52. The summed E-state index contributed by atoms with van der Waals surface area (Å²) < 4.78 is 0. The van der Waals surface area contributed by atoms with Crippen LogP contribution in [-0.4, -0.2) is 33.6 Å². The van der Waals surface area contributed by atoms with Gasteiger partial charge < -0.3 is 10.2 Å². The molecule has 0 atom stereocenters. The van der Waals surface area contributed by atoms with E-state index in [9.17, 15) is 0 Å². The Kier molecular flexibility index (Phi) is 5.17. The number of nitrogens with two attached hydrogens (primary N) is 1. The van der Waals surface area contributed by atoms with Gasteiger partial charge in [0, 0.05) is 18.6 Å². The molecule has 0 bridgehead atoms. The summed E-state index contributed by atoms with van der Waals surface area (Å²) in [6, 6.07) is 0. The molecule has 0 unspecified atom stereocenters. The highest BCUT2D eigenvalue weighted by molar-refractivity contribution is 5.44. The number of nitrogens with one attached hydrogen (secondary N) is 2. The van der Waals surface area contributed by atoms with Crippen LogP contribution in [0.25, 0.3) is 0 Å². The predicted octanol–water partition coefficient (Wildman–Crippen LogP) is 2.14. The number of hydrazine groups is 1. The molecule has 0 saturated carbocycles. The largest absolute Gasteiger partial charge is 0.349 e. The van der Waals surface area contributed by atoms with E-state index in [1.54, 1.807) is 0 Å². The first-order valence-corrected chi connectivity index (χ1v) is 7.86. The lowest BCUT2D eigenvalue weighted by atomic mass is 9.96. The Labute approximate surface area is 126 Å². The van der Waals surface area contributed by atoms with E-state index in [4.69, 9.17) is 5.84 Å². The van der Waals surface area contributed by atoms with Crippen LogP contribution in [0.5, 0.6) is 0 Å². The topological polar surface area (TPSA) is 92.0 Å². The number of aromatic nitrogens is 3. The summed E-state index contributed by atoms with van der Waals surface area (Å²) in [7, 11) is 0. The first kappa shape index (κ1) is 15.8. The molecule has 21 heavy (non-hydrogen) atoms. The Bertz CT molecular complexity index is 453. The van der Waals surface area contributed by atoms with Gasteiger partial charge in [-0.05, 0) is 39.0 Å². The molecule has 1 aromatic heterocycles. The van der Waals surface area contributed by atoms with Gasteiger partial charge in [-0.25, -0.2) is 5.84 Å². The van der Waals surface area contributed by atoms with Crippen molar-refractivity contribution in [3.8, 4) is 0 Å². The summed E-state index contributed by atoms with van der Waals surface area (Å²) in [5.74, 6) is 7.19. The highest BCUT2D eigenvalue weighted by Crippen LogP contribution is 2.22. The second-order valence-electron chi connectivity index (χ2n) is 5.87. The normalized spacial score (nSPS) is 15.9. The highest BCUT2D eigenvalue weighted by Gasteiger charge is 2.22. The summed E-state index contributed by atoms with van der Waals surface area (Å²) in [5, 5.41) is 3.42. The minimum atomic E-state index is -0.0214. The molecule has 2 rings (SSSR count). The lowest BCUT2D eigenvalue weighted by molar-refractivity contribution is 0.474. The molecule has 1 aliphatic rings. The molecule has 0 spiro atoms. The molecule has 118 valence electrons. The van der Waals surface area contributed by atoms with E-state index < -0.39 is 0 Å². The highest BCUT2D eigenvalue weighted by atomic mass is 15.4. The average Bonchev–Trinajstić information content (AvgIpc) is 2.55. The lowest BCUT2D eigenvalue weighted by Gasteiger charge is -2.30. The number of nitrogens with zero attached hydrogens (tertiary/aromatic N) is 4. The summed E-state index contributed by atoms with van der Waals surface area (Å²) >= 11 is 0. The van der Waals surface area contributed by atoms with Gasteiger partial charge >= 0.3 is 0 Å². The fourth-order valence-corrected chi connectivity index (χ4v) is 2.42. The van der Waals surface area contributed by atoms with Crippen LogP contribution >= 0.6 is 0 Å². The molecule has 7 heteroatoms. The molecule has 1 aliphatic heterocycles. The Morgan fingerprint density at radius 2 is 1.67 bits per heavy atom. The Morgan fingerprint density at radius 3 is 2.24 bits per heavy atom. The van der Waals surface area contributed by atoms with Gasteiger partial charge in [0.05, 0.1) is 0 Å². The third kappa shape index (κ3) is 3.93. The lowest BCUT2D eigenvalue weighted by Crippen LogP contribution is -2.35. The number of piperidine rings is 1. The van der Waals surface area contributed by atoms with Crippen LogP contribution in [0.1, 0.15) is 52.9 Å². The maximum atomic E-state index is 5.50. The molecular weight excluding hydrogens is 266 g/mol. The predicted molar refractivity (Wildman–Crippen MR) is 86.3 cm³/mol. The molecule has 0 radical (unpaired) electrons. The van der Waals surface area contributed by atoms with Crippen LogP contribution in [0.15, 0.2) is 0 Å². The van der Waals surface area contributed by atoms with Crippen molar-refractivity contribution in [2.45, 2.75) is 58.4 Å². The molecule has 0 amide bonds. The van der Waals surface area contributed by atoms with Gasteiger partial charge in [0.1, 0.15) is 0 Å². The smallest absolute Gasteiger partial charge is 0.243 e. The van der Waals surface area contributed by atoms with Crippen LogP contribution in [-0.2, 0) is 0 Å². The summed E-state index contributed by atoms with van der Waals surface area (Å²) in [6.45, 7) is 8.47. The zero-order valence-electron chi connectivity index (χ0n) is 13.3. The Morgan fingerprint density at radius 1 is 1.05 bits per heavy atom. The molecule has 1 saturated heterocycles. The number of hydrogen-bond acceptors (Lipinski definition) is 7. The minimum Gasteiger partial charge on any atom is -0.349 e. The molecule has 7 nitrogen and oxygen atoms in total. The fraction of sp³-hybridized carbons (Fsp3) is 0.786. The van der Waals surface area contributed by atoms with Gasteiger partial charge in [-0.15, -0.1) is 0 Å². The Balaban J connectivity index is 2.24. The number of hydrogen-bond donors (Lipinski definition) is 3. The van der Waals surface area contributed by atoms with E-state index in [1.807, 2.05) is 0 Å². The zero-order valence-corrected chi connectivity index (χ0v) is 13.3. The van der Waals surface area contributed by atoms with Crippen molar-refractivity contribution in [2.24, 2.45) is 5.84 Å². The summed E-state index contributed by atoms with van der Waals surface area (Å²) in [4.78, 5) is 15.5. The third-order valence-corrected chi connectivity index (χ3v) is 4.37. The van der Waals surface area contributed by atoms with Crippen LogP contribution in [0.2, 0.25) is 0 Å². The standard InChI is InChI=1S/C14H27N7/c1-4-14(3,5-2)19-11-16-12(20-15)18-13(17-11)21-9-7-6-8-10-21/h4-10,15H2,1-3H3,(H2,16,17,18,19,20). The first-order chi connectivity index (χ1) is 10.1. The fourth-order valence-electron chi connectivity index (χ4n) is 2.42. The van der Waals surface area contributed by atoms with Crippen LogP contribution in [0, 0.1) is 0 Å². The quantitative estimate of drug-likeness (QED) is 0.546. The molecular formula is C14H27N7. The monoisotopic (exact) mass is 293 g/mol. The van der Waals surface area contributed by atoms with E-state index in [1.165, 1.54) is 19.3 Å². The number of anilines is 3. The summed E-state index contributed by atoms with van der Waals surface area (Å²) in [6.07, 6.45) is 5.64. The van der Waals surface area contributed by atoms with Crippen molar-refractivity contribution in [3.05, 3.63) is 0 Å². The van der Waals surface area contributed by atoms with Crippen LogP contribution in [0.4, 0.5) is 17.8 Å². The van der Waals surface area contributed by atoms with Crippen LogP contribution < -0.4 is 21.5 Å². The zero-order chi connectivity index (χ0) is 15.3. The van der Waals surface area contributed by atoms with Crippen molar-refractivity contribution < 1.29 is 0 Å². The van der Waals surface area contributed by atoms with Gasteiger partial charge in [0.2, 0.25) is 17.8 Å². The minimum absolute atomic E-state index is 0.0214. The number of rotatable bonds is 6. The molecule has 0 aliphatic carbocycles. The van der Waals surface area contributed by atoms with Crippen LogP contribution in [0.3, 0.4) is 0 Å². The molecule has 0 aromatic carbocycles. The van der Waals surface area contributed by atoms with Gasteiger partial charge in [-0.1, -0.05) is 13.8 Å². The van der Waals surface area contributed by atoms with Crippen molar-refractivity contribution in [1.29, 1.82) is 0 Å². The van der Waals surface area contributed by atoms with Gasteiger partial charge in [-0.2, -0.15) is 15.0 Å². The van der Waals surface area contributed by atoms with Crippen molar-refractivity contribution >= 4 is 17.8 Å². The van der Waals surface area contributed by atoms with E-state index in [2.05, 4.69) is 51.4 Å². The average molecular weight is 293 g/mol. The van der Waals surface area contributed by atoms with Gasteiger partial charge in [0.15, 0.2) is 0 Å². The molecule has 1 aromatic rings.